The molecule has 0 aliphatic heterocycles. The lowest BCUT2D eigenvalue weighted by atomic mass is 10.1. The SMILES string of the molecule is C=C(Nc1ccc(Cl)cn1)c1cc(F)ccc1NCC1=CCC=C(SC)C=C1. The van der Waals surface area contributed by atoms with E-state index >= 15 is 0 Å². The van der Waals surface area contributed by atoms with Crippen LogP contribution in [-0.4, -0.2) is 17.8 Å². The standard InChI is InChI=1S/C22H21ClFN3S/c1-15(27-22-11-7-17(23)14-26-22)20-12-18(24)8-10-21(20)25-13-16-4-3-5-19(28-2)9-6-16/h4-12,14,25H,1,3,13H2,2H3,(H,26,27). The molecule has 0 saturated heterocycles. The minimum Gasteiger partial charge on any atom is -0.380 e. The number of allylic oxidation sites excluding steroid dienone is 3. The van der Waals surface area contributed by atoms with Gasteiger partial charge in [0.1, 0.15) is 11.6 Å². The maximum Gasteiger partial charge on any atom is 0.130 e. The Labute approximate surface area is 174 Å². The molecule has 1 aromatic heterocycles. The van der Waals surface area contributed by atoms with E-state index in [-0.39, 0.29) is 5.82 Å². The molecule has 0 saturated carbocycles. The first-order chi connectivity index (χ1) is 13.5. The molecule has 144 valence electrons. The van der Waals surface area contributed by atoms with Crippen LogP contribution in [0, 0.1) is 5.82 Å². The minimum absolute atomic E-state index is 0.324. The molecule has 3 rings (SSSR count). The summed E-state index contributed by atoms with van der Waals surface area (Å²) in [5.41, 5.74) is 3.17. The Morgan fingerprint density at radius 3 is 2.86 bits per heavy atom. The molecule has 0 radical (unpaired) electrons. The van der Waals surface area contributed by atoms with Gasteiger partial charge in [-0.15, -0.1) is 11.8 Å². The van der Waals surface area contributed by atoms with E-state index in [1.54, 1.807) is 36.2 Å². The molecule has 0 bridgehead atoms. The number of aromatic nitrogens is 1. The topological polar surface area (TPSA) is 37.0 Å². The van der Waals surface area contributed by atoms with E-state index in [4.69, 9.17) is 11.6 Å². The van der Waals surface area contributed by atoms with Gasteiger partial charge in [-0.25, -0.2) is 9.37 Å². The maximum atomic E-state index is 13.9. The molecule has 2 N–H and O–H groups in total. The molecule has 1 aromatic carbocycles. The van der Waals surface area contributed by atoms with E-state index in [0.29, 0.717) is 28.6 Å². The molecule has 0 atom stereocenters. The van der Waals surface area contributed by atoms with Crippen LogP contribution in [-0.2, 0) is 0 Å². The van der Waals surface area contributed by atoms with Crippen LogP contribution >= 0.6 is 23.4 Å². The van der Waals surface area contributed by atoms with Gasteiger partial charge in [0, 0.05) is 34.6 Å². The second-order valence-corrected chi connectivity index (χ2v) is 7.48. The van der Waals surface area contributed by atoms with Crippen LogP contribution < -0.4 is 10.6 Å². The number of hydrogen-bond donors (Lipinski definition) is 2. The monoisotopic (exact) mass is 413 g/mol. The number of hydrogen-bond acceptors (Lipinski definition) is 4. The molecule has 1 heterocycles. The highest BCUT2D eigenvalue weighted by atomic mass is 35.5. The Kier molecular flexibility index (Phi) is 6.95. The molecule has 1 aliphatic rings. The summed E-state index contributed by atoms with van der Waals surface area (Å²) in [6.07, 6.45) is 13.1. The van der Waals surface area contributed by atoms with Crippen LogP contribution in [0.3, 0.4) is 0 Å². The number of benzene rings is 1. The summed E-state index contributed by atoms with van der Waals surface area (Å²) in [6, 6.07) is 8.09. The van der Waals surface area contributed by atoms with E-state index < -0.39 is 0 Å². The van der Waals surface area contributed by atoms with Crippen molar-refractivity contribution >= 4 is 40.6 Å². The van der Waals surface area contributed by atoms with Gasteiger partial charge in [-0.2, -0.15) is 0 Å². The zero-order chi connectivity index (χ0) is 19.9. The highest BCUT2D eigenvalue weighted by Crippen LogP contribution is 2.26. The fourth-order valence-electron chi connectivity index (χ4n) is 2.72. The van der Waals surface area contributed by atoms with Crippen molar-refractivity contribution in [2.24, 2.45) is 0 Å². The van der Waals surface area contributed by atoms with Crippen molar-refractivity contribution < 1.29 is 4.39 Å². The molecule has 0 unspecified atom stereocenters. The van der Waals surface area contributed by atoms with Gasteiger partial charge in [-0.3, -0.25) is 0 Å². The molecular formula is C22H21ClFN3S. The number of thioether (sulfide) groups is 1. The molecule has 1 aliphatic carbocycles. The molecular weight excluding hydrogens is 393 g/mol. The van der Waals surface area contributed by atoms with Crippen molar-refractivity contribution in [1.82, 2.24) is 4.98 Å². The summed E-state index contributed by atoms with van der Waals surface area (Å²) in [6.45, 7) is 4.68. The summed E-state index contributed by atoms with van der Waals surface area (Å²) in [7, 11) is 0. The third-order valence-corrected chi connectivity index (χ3v) is 5.19. The first kappa shape index (κ1) is 20.2. The predicted molar refractivity (Wildman–Crippen MR) is 120 cm³/mol. The zero-order valence-corrected chi connectivity index (χ0v) is 17.1. The van der Waals surface area contributed by atoms with Gasteiger partial charge in [0.2, 0.25) is 0 Å². The van der Waals surface area contributed by atoms with Gasteiger partial charge in [0.05, 0.1) is 5.02 Å². The molecule has 6 heteroatoms. The van der Waals surface area contributed by atoms with Crippen molar-refractivity contribution in [3.05, 3.63) is 94.3 Å². The molecule has 28 heavy (non-hydrogen) atoms. The van der Waals surface area contributed by atoms with Gasteiger partial charge in [-0.1, -0.05) is 36.4 Å². The van der Waals surface area contributed by atoms with Gasteiger partial charge in [0.15, 0.2) is 0 Å². The third-order valence-electron chi connectivity index (χ3n) is 4.19. The maximum absolute atomic E-state index is 13.9. The van der Waals surface area contributed by atoms with E-state index in [2.05, 4.69) is 52.8 Å². The van der Waals surface area contributed by atoms with Gasteiger partial charge < -0.3 is 10.6 Å². The average Bonchev–Trinajstić information content (AvgIpc) is 2.94. The van der Waals surface area contributed by atoms with Crippen molar-refractivity contribution in [1.29, 1.82) is 0 Å². The molecule has 3 nitrogen and oxygen atoms in total. The lowest BCUT2D eigenvalue weighted by molar-refractivity contribution is 0.627. The van der Waals surface area contributed by atoms with Crippen molar-refractivity contribution in [2.45, 2.75) is 6.42 Å². The Morgan fingerprint density at radius 2 is 2.11 bits per heavy atom. The Bertz CT molecular complexity index is 949. The van der Waals surface area contributed by atoms with E-state index in [1.165, 1.54) is 22.6 Å². The number of pyridine rings is 1. The Hall–Kier alpha value is -2.50. The number of anilines is 2. The predicted octanol–water partition coefficient (Wildman–Crippen LogP) is 6.50. The lowest BCUT2D eigenvalue weighted by Gasteiger charge is -2.16. The van der Waals surface area contributed by atoms with Crippen molar-refractivity contribution in [3.63, 3.8) is 0 Å². The zero-order valence-electron chi connectivity index (χ0n) is 15.5. The first-order valence-corrected chi connectivity index (χ1v) is 10.4. The van der Waals surface area contributed by atoms with Gasteiger partial charge in [0.25, 0.3) is 0 Å². The van der Waals surface area contributed by atoms with Crippen LogP contribution in [0.4, 0.5) is 15.9 Å². The van der Waals surface area contributed by atoms with Gasteiger partial charge >= 0.3 is 0 Å². The quantitative estimate of drug-likeness (QED) is 0.543. The van der Waals surface area contributed by atoms with Crippen molar-refractivity contribution in [2.75, 3.05) is 23.4 Å². The number of nitrogens with zero attached hydrogens (tertiary/aromatic N) is 1. The van der Waals surface area contributed by atoms with Crippen LogP contribution in [0.25, 0.3) is 5.70 Å². The molecule has 2 aromatic rings. The fraction of sp³-hybridized carbons (Fsp3) is 0.136. The van der Waals surface area contributed by atoms with Crippen LogP contribution in [0.5, 0.6) is 0 Å². The summed E-state index contributed by atoms with van der Waals surface area (Å²) in [5.74, 6) is 0.268. The minimum atomic E-state index is -0.324. The molecule has 0 spiro atoms. The molecule has 0 amide bonds. The normalized spacial score (nSPS) is 13.4. The smallest absolute Gasteiger partial charge is 0.130 e. The fourth-order valence-corrected chi connectivity index (χ4v) is 3.30. The summed E-state index contributed by atoms with van der Waals surface area (Å²) in [4.78, 5) is 5.45. The second-order valence-electron chi connectivity index (χ2n) is 6.17. The Balaban J connectivity index is 1.73. The van der Waals surface area contributed by atoms with Gasteiger partial charge in [-0.05, 0) is 54.7 Å². The van der Waals surface area contributed by atoms with E-state index in [9.17, 15) is 4.39 Å². The summed E-state index contributed by atoms with van der Waals surface area (Å²) < 4.78 is 13.9. The second kappa shape index (κ2) is 9.62. The first-order valence-electron chi connectivity index (χ1n) is 8.77. The van der Waals surface area contributed by atoms with E-state index in [1.807, 2.05) is 0 Å². The van der Waals surface area contributed by atoms with Crippen molar-refractivity contribution in [3.8, 4) is 0 Å². The highest BCUT2D eigenvalue weighted by molar-refractivity contribution is 8.02. The number of rotatable bonds is 7. The largest absolute Gasteiger partial charge is 0.380 e. The summed E-state index contributed by atoms with van der Waals surface area (Å²) in [5, 5.41) is 7.04. The molecule has 0 fully saturated rings. The summed E-state index contributed by atoms with van der Waals surface area (Å²) >= 11 is 7.60. The van der Waals surface area contributed by atoms with Crippen LogP contribution in [0.15, 0.2) is 77.9 Å². The average molecular weight is 414 g/mol. The third kappa shape index (κ3) is 5.50. The lowest BCUT2D eigenvalue weighted by Crippen LogP contribution is -2.08. The number of nitrogens with one attached hydrogen (secondary N) is 2. The number of halogens is 2. The van der Waals surface area contributed by atoms with Crippen LogP contribution in [0.1, 0.15) is 12.0 Å². The Morgan fingerprint density at radius 1 is 1.25 bits per heavy atom. The van der Waals surface area contributed by atoms with Crippen LogP contribution in [0.2, 0.25) is 5.02 Å². The van der Waals surface area contributed by atoms with E-state index in [0.717, 1.165) is 12.1 Å². The highest BCUT2D eigenvalue weighted by Gasteiger charge is 2.09.